The van der Waals surface area contributed by atoms with Gasteiger partial charge in [-0.3, -0.25) is 4.79 Å². The third-order valence-corrected chi connectivity index (χ3v) is 19.2. The third kappa shape index (κ3) is 13.2. The number of aliphatic hydroxyl groups is 2. The Bertz CT molecular complexity index is 2050. The van der Waals surface area contributed by atoms with Gasteiger partial charge in [-0.15, -0.1) is 0 Å². The third-order valence-electron chi connectivity index (χ3n) is 18.1. The van der Waals surface area contributed by atoms with Crippen LogP contribution in [0.5, 0.6) is 0 Å². The maximum atomic E-state index is 12.4. The van der Waals surface area contributed by atoms with Crippen LogP contribution in [0.1, 0.15) is 196 Å². The monoisotopic (exact) mass is 933 g/mol. The zero-order valence-corrected chi connectivity index (χ0v) is 45.1. The molecule has 8 aliphatic carbocycles. The SMILES string of the molecule is C=C1/C(=C\C=C2/CCC[C@@]3(C)C2CC[C@@H]3C2(CC#CC(C)(C)O)CC2)CCC[C@@H]1O.C=C1/C(=C\CC=O)CCC[C@@H]1C.CC(C)(C#CCC1([C@H]2CCC3C(=O)CCC[C@@]32C)CC1)O[Si](C)(C)C. The lowest BCUT2D eigenvalue weighted by Crippen LogP contribution is -2.40. The highest BCUT2D eigenvalue weighted by Gasteiger charge is 2.62. The molecule has 2 unspecified atom stereocenters. The summed E-state index contributed by atoms with van der Waals surface area (Å²) in [5.41, 5.74) is 6.55. The van der Waals surface area contributed by atoms with Crippen molar-refractivity contribution in [1.29, 1.82) is 0 Å². The van der Waals surface area contributed by atoms with Crippen molar-refractivity contribution in [1.82, 2.24) is 0 Å². The summed E-state index contributed by atoms with van der Waals surface area (Å²) in [4.78, 5) is 22.6. The molecule has 0 amide bonds. The molecule has 5 nitrogen and oxygen atoms in total. The van der Waals surface area contributed by atoms with Gasteiger partial charge >= 0.3 is 0 Å². The molecule has 8 aliphatic rings. The number of hydrogen-bond acceptors (Lipinski definition) is 5. The molecule has 8 rings (SSSR count). The number of ketones is 1. The second-order valence-electron chi connectivity index (χ2n) is 25.3. The molecule has 370 valence electrons. The van der Waals surface area contributed by atoms with Gasteiger partial charge in [0.25, 0.3) is 0 Å². The first-order valence-corrected chi connectivity index (χ1v) is 30.3. The van der Waals surface area contributed by atoms with Crippen molar-refractivity contribution in [2.75, 3.05) is 0 Å². The summed E-state index contributed by atoms with van der Waals surface area (Å²) in [5, 5.41) is 20.1. The number of carbonyl (C=O) groups is 2. The van der Waals surface area contributed by atoms with Crippen LogP contribution in [0.4, 0.5) is 0 Å². The molecule has 0 aromatic rings. The fraction of sp³-hybridized carbons (Fsp3) is 0.738. The van der Waals surface area contributed by atoms with E-state index >= 15 is 0 Å². The van der Waals surface area contributed by atoms with Crippen molar-refractivity contribution >= 4 is 20.4 Å². The number of fused-ring (bicyclic) bond motifs is 2. The van der Waals surface area contributed by atoms with Crippen LogP contribution in [-0.4, -0.2) is 47.9 Å². The Balaban J connectivity index is 0.000000180. The summed E-state index contributed by atoms with van der Waals surface area (Å²) in [6.07, 6.45) is 33.6. The zero-order valence-electron chi connectivity index (χ0n) is 44.1. The van der Waals surface area contributed by atoms with Gasteiger partial charge in [-0.2, -0.15) is 0 Å². The molecular formula is C61H92O5Si. The predicted octanol–water partition coefficient (Wildman–Crippen LogP) is 14.6. The van der Waals surface area contributed by atoms with Crippen LogP contribution in [0.25, 0.3) is 0 Å². The van der Waals surface area contributed by atoms with Gasteiger partial charge in [0.05, 0.1) is 6.10 Å². The van der Waals surface area contributed by atoms with E-state index in [2.05, 4.69) is 103 Å². The highest BCUT2D eigenvalue weighted by atomic mass is 28.4. The first-order valence-electron chi connectivity index (χ1n) is 26.9. The standard InChI is InChI=1S/C28H40O2.C22H36O2Si.C11H16O/c1-20-21(8-5-10-24(20)29)11-12-22-9-6-16-27(4)23(22)13-14-25(27)28(18-19-28)17-7-15-26(2,3)30;1-20(2,24-25(4,5)6)12-8-14-22(15-16-22)19-11-10-17-18(23)9-7-13-21(17,19)3;1-9-5-3-6-11(10(9)2)7-4-8-12/h11-12,23-25,29-30H,1,5-6,8-10,13-14,16-19H2,2-4H3;17,19H,7,9-11,13-16H2,1-6H3;7-9H,2-6H2,1H3/b21-11-,22-12+;;11-7-/t23?,24-,25-,27-;17?,19-,21-;9-/m000/s1. The second kappa shape index (κ2) is 21.3. The molecule has 0 spiro atoms. The van der Waals surface area contributed by atoms with E-state index in [9.17, 15) is 19.8 Å². The Hall–Kier alpha value is -2.74. The Kier molecular flexibility index (Phi) is 17.1. The summed E-state index contributed by atoms with van der Waals surface area (Å²) >= 11 is 0. The first-order chi connectivity index (χ1) is 31.4. The Morgan fingerprint density at radius 3 is 1.85 bits per heavy atom. The van der Waals surface area contributed by atoms with E-state index in [0.717, 1.165) is 75.6 Å². The molecule has 0 bridgehead atoms. The van der Waals surface area contributed by atoms with E-state index in [1.54, 1.807) is 19.4 Å². The lowest BCUT2D eigenvalue weighted by atomic mass is 9.59. The van der Waals surface area contributed by atoms with Gasteiger partial charge in [0.15, 0.2) is 8.32 Å². The van der Waals surface area contributed by atoms with Crippen molar-refractivity contribution in [3.63, 3.8) is 0 Å². The molecule has 8 atom stereocenters. The average Bonchev–Trinajstić information content (AvgIpc) is 4.13. The number of carbonyl (C=O) groups excluding carboxylic acids is 2. The van der Waals surface area contributed by atoms with Crippen molar-refractivity contribution in [3.8, 4) is 23.7 Å². The van der Waals surface area contributed by atoms with Crippen LogP contribution in [0.15, 0.2) is 59.3 Å². The first kappa shape index (κ1) is 53.6. The maximum absolute atomic E-state index is 12.4. The molecule has 8 saturated carbocycles. The predicted molar refractivity (Wildman–Crippen MR) is 280 cm³/mol. The number of hydrogen-bond donors (Lipinski definition) is 2. The van der Waals surface area contributed by atoms with Crippen molar-refractivity contribution in [2.24, 2.45) is 51.2 Å². The van der Waals surface area contributed by atoms with E-state index in [0.29, 0.717) is 52.1 Å². The highest BCUT2D eigenvalue weighted by molar-refractivity contribution is 6.69. The van der Waals surface area contributed by atoms with Crippen LogP contribution >= 0.6 is 0 Å². The van der Waals surface area contributed by atoms with E-state index in [1.165, 1.54) is 100 Å². The minimum absolute atomic E-state index is 0.248. The van der Waals surface area contributed by atoms with E-state index in [-0.39, 0.29) is 17.1 Å². The minimum Gasteiger partial charge on any atom is -0.402 e. The van der Waals surface area contributed by atoms with Crippen molar-refractivity contribution < 1.29 is 24.2 Å². The summed E-state index contributed by atoms with van der Waals surface area (Å²) in [6, 6.07) is 0. The molecule has 67 heavy (non-hydrogen) atoms. The number of allylic oxidation sites excluding steroid dienone is 6. The summed E-state index contributed by atoms with van der Waals surface area (Å²) < 4.78 is 6.23. The van der Waals surface area contributed by atoms with Crippen molar-refractivity contribution in [2.45, 2.75) is 233 Å². The smallest absolute Gasteiger partial charge is 0.185 e. The molecule has 0 radical (unpaired) electrons. The molecule has 0 aromatic heterocycles. The summed E-state index contributed by atoms with van der Waals surface area (Å²) in [5.74, 6) is 17.0. The maximum Gasteiger partial charge on any atom is 0.185 e. The van der Waals surface area contributed by atoms with Gasteiger partial charge in [-0.25, -0.2) is 0 Å². The lowest BCUT2D eigenvalue weighted by Gasteiger charge is -2.45. The summed E-state index contributed by atoms with van der Waals surface area (Å²) in [7, 11) is -1.58. The summed E-state index contributed by atoms with van der Waals surface area (Å²) in [6.45, 7) is 29.8. The van der Waals surface area contributed by atoms with E-state index in [1.807, 2.05) is 6.08 Å². The van der Waals surface area contributed by atoms with Gasteiger partial charge in [-0.1, -0.05) is 81.4 Å². The fourth-order valence-electron chi connectivity index (χ4n) is 14.6. The quantitative estimate of drug-likeness (QED) is 0.137. The Morgan fingerprint density at radius 1 is 0.716 bits per heavy atom. The number of aldehydes is 1. The molecule has 2 N–H and O–H groups in total. The topological polar surface area (TPSA) is 83.8 Å². The number of Topliss-reactive ketones (excluding diaryl/α,β-unsaturated/α-hetero) is 1. The molecular weight excluding hydrogens is 841 g/mol. The molecule has 8 fully saturated rings. The molecule has 0 heterocycles. The van der Waals surface area contributed by atoms with Gasteiger partial charge in [0.1, 0.15) is 23.3 Å². The average molecular weight is 933 g/mol. The highest BCUT2D eigenvalue weighted by Crippen LogP contribution is 2.70. The van der Waals surface area contributed by atoms with Crippen LogP contribution in [0.2, 0.25) is 19.6 Å². The Labute approximate surface area is 410 Å². The lowest BCUT2D eigenvalue weighted by molar-refractivity contribution is -0.130. The van der Waals surface area contributed by atoms with Crippen molar-refractivity contribution in [3.05, 3.63) is 59.3 Å². The fourth-order valence-corrected chi connectivity index (χ4v) is 16.1. The molecule has 0 aliphatic heterocycles. The Morgan fingerprint density at radius 2 is 1.27 bits per heavy atom. The molecule has 6 heteroatoms. The van der Waals surface area contributed by atoms with Crippen LogP contribution in [0.3, 0.4) is 0 Å². The van der Waals surface area contributed by atoms with Crippen LogP contribution in [0, 0.1) is 74.9 Å². The second-order valence-corrected chi connectivity index (χ2v) is 29.8. The number of rotatable bonds is 9. The van der Waals surface area contributed by atoms with E-state index < -0.39 is 13.9 Å². The van der Waals surface area contributed by atoms with Gasteiger partial charge < -0.3 is 19.4 Å². The largest absolute Gasteiger partial charge is 0.402 e. The van der Waals surface area contributed by atoms with E-state index in [4.69, 9.17) is 4.43 Å². The number of aliphatic hydroxyl groups excluding tert-OH is 1. The van der Waals surface area contributed by atoms with Gasteiger partial charge in [0, 0.05) is 31.6 Å². The minimum atomic E-state index is -1.58. The zero-order chi connectivity index (χ0) is 49.1. The van der Waals surface area contributed by atoms with Crippen LogP contribution in [-0.2, 0) is 14.0 Å². The van der Waals surface area contributed by atoms with Crippen LogP contribution < -0.4 is 0 Å². The van der Waals surface area contributed by atoms with Gasteiger partial charge in [-0.05, 0) is 237 Å². The normalized spacial score (nSPS) is 34.9. The van der Waals surface area contributed by atoms with Gasteiger partial charge in [0.2, 0.25) is 0 Å². The molecule has 0 saturated heterocycles. The molecule has 0 aromatic carbocycles.